The van der Waals surface area contributed by atoms with Crippen LogP contribution in [0.1, 0.15) is 22.3 Å². The molecule has 2 aromatic heterocycles. The van der Waals surface area contributed by atoms with Gasteiger partial charge in [0.25, 0.3) is 0 Å². The summed E-state index contributed by atoms with van der Waals surface area (Å²) in [4.78, 5) is 9.90. The SMILES string of the molecule is c1cnc2c(c1)C(c1c(OCC3CO3)ccc3ccccc13)(c1c(OCC3CO3)ccc3ccccc13)c1cccnc1-2. The van der Waals surface area contributed by atoms with E-state index < -0.39 is 5.41 Å². The Labute approximate surface area is 248 Å². The highest BCUT2D eigenvalue weighted by molar-refractivity contribution is 5.99. The van der Waals surface area contributed by atoms with Gasteiger partial charge in [0, 0.05) is 23.5 Å². The molecule has 0 N–H and O–H groups in total. The molecule has 0 bridgehead atoms. The van der Waals surface area contributed by atoms with Gasteiger partial charge in [-0.2, -0.15) is 0 Å². The van der Waals surface area contributed by atoms with Crippen molar-refractivity contribution in [1.29, 1.82) is 0 Å². The van der Waals surface area contributed by atoms with Crippen molar-refractivity contribution < 1.29 is 18.9 Å². The van der Waals surface area contributed by atoms with E-state index in [2.05, 4.69) is 84.9 Å². The third kappa shape index (κ3) is 3.87. The fourth-order valence-electron chi connectivity index (χ4n) is 6.81. The lowest BCUT2D eigenvalue weighted by Crippen LogP contribution is -2.31. The lowest BCUT2D eigenvalue weighted by atomic mass is 9.65. The summed E-state index contributed by atoms with van der Waals surface area (Å²) in [5, 5.41) is 4.47. The molecule has 6 aromatic rings. The topological polar surface area (TPSA) is 69.3 Å². The van der Waals surface area contributed by atoms with Gasteiger partial charge in [-0.3, -0.25) is 9.97 Å². The van der Waals surface area contributed by atoms with Crippen LogP contribution in [0.15, 0.2) is 109 Å². The zero-order chi connectivity index (χ0) is 28.4. The lowest BCUT2D eigenvalue weighted by molar-refractivity contribution is 0.257. The van der Waals surface area contributed by atoms with E-state index in [4.69, 9.17) is 28.9 Å². The molecule has 0 saturated carbocycles. The highest BCUT2D eigenvalue weighted by Crippen LogP contribution is 2.61. The van der Waals surface area contributed by atoms with Crippen molar-refractivity contribution in [3.63, 3.8) is 0 Å². The van der Waals surface area contributed by atoms with Crippen molar-refractivity contribution >= 4 is 21.5 Å². The largest absolute Gasteiger partial charge is 0.490 e. The van der Waals surface area contributed by atoms with Crippen molar-refractivity contribution in [2.45, 2.75) is 17.6 Å². The zero-order valence-electron chi connectivity index (χ0n) is 23.4. The Hall–Kier alpha value is -4.78. The van der Waals surface area contributed by atoms with Crippen LogP contribution in [-0.4, -0.2) is 48.6 Å². The first-order valence-electron chi connectivity index (χ1n) is 14.8. The number of hydrogen-bond donors (Lipinski definition) is 0. The Morgan fingerprint density at radius 1 is 0.581 bits per heavy atom. The van der Waals surface area contributed by atoms with Crippen LogP contribution in [0.5, 0.6) is 11.5 Å². The van der Waals surface area contributed by atoms with E-state index in [1.807, 2.05) is 24.5 Å². The minimum atomic E-state index is -0.853. The molecule has 0 amide bonds. The molecule has 6 heteroatoms. The second kappa shape index (κ2) is 9.63. The van der Waals surface area contributed by atoms with Crippen LogP contribution < -0.4 is 9.47 Å². The second-order valence-corrected chi connectivity index (χ2v) is 11.4. The maximum Gasteiger partial charge on any atom is 0.124 e. The van der Waals surface area contributed by atoms with E-state index in [1.165, 1.54) is 0 Å². The van der Waals surface area contributed by atoms with Crippen molar-refractivity contribution in [3.05, 3.63) is 132 Å². The number of epoxide rings is 2. The first-order chi connectivity index (χ1) is 21.3. The molecule has 43 heavy (non-hydrogen) atoms. The molecule has 2 aliphatic heterocycles. The fourth-order valence-corrected chi connectivity index (χ4v) is 6.81. The molecule has 210 valence electrons. The van der Waals surface area contributed by atoms with E-state index in [0.29, 0.717) is 13.2 Å². The smallest absolute Gasteiger partial charge is 0.124 e. The number of nitrogens with zero attached hydrogens (tertiary/aromatic N) is 2. The minimum Gasteiger partial charge on any atom is -0.490 e. The summed E-state index contributed by atoms with van der Waals surface area (Å²) in [6, 6.07) is 34.0. The molecule has 2 fully saturated rings. The van der Waals surface area contributed by atoms with Crippen LogP contribution in [0.2, 0.25) is 0 Å². The average Bonchev–Trinajstić information content (AvgIpc) is 4.01. The van der Waals surface area contributed by atoms with E-state index in [1.54, 1.807) is 0 Å². The number of aromatic nitrogens is 2. The third-order valence-corrected chi connectivity index (χ3v) is 8.83. The van der Waals surface area contributed by atoms with Crippen molar-refractivity contribution in [1.82, 2.24) is 9.97 Å². The summed E-state index contributed by atoms with van der Waals surface area (Å²) < 4.78 is 24.5. The van der Waals surface area contributed by atoms with Gasteiger partial charge >= 0.3 is 0 Å². The molecular formula is C37H28N2O4. The van der Waals surface area contributed by atoms with Gasteiger partial charge in [-0.05, 0) is 56.9 Å². The number of hydrogen-bond acceptors (Lipinski definition) is 6. The van der Waals surface area contributed by atoms with Crippen LogP contribution in [0, 0.1) is 0 Å². The minimum absolute atomic E-state index is 0.108. The van der Waals surface area contributed by atoms with E-state index in [-0.39, 0.29) is 12.2 Å². The van der Waals surface area contributed by atoms with Gasteiger partial charge in [-0.25, -0.2) is 0 Å². The van der Waals surface area contributed by atoms with Crippen LogP contribution in [0.3, 0.4) is 0 Å². The second-order valence-electron chi connectivity index (χ2n) is 11.4. The van der Waals surface area contributed by atoms with E-state index in [9.17, 15) is 0 Å². The van der Waals surface area contributed by atoms with E-state index in [0.717, 1.165) is 79.9 Å². The summed E-state index contributed by atoms with van der Waals surface area (Å²) in [5.74, 6) is 1.62. The maximum absolute atomic E-state index is 6.69. The zero-order valence-corrected chi connectivity index (χ0v) is 23.4. The predicted octanol–water partition coefficient (Wildman–Crippen LogP) is 6.70. The number of ether oxygens (including phenoxy) is 4. The first kappa shape index (κ1) is 24.8. The summed E-state index contributed by atoms with van der Waals surface area (Å²) >= 11 is 0. The number of benzene rings is 4. The Bertz CT molecular complexity index is 1880. The Morgan fingerprint density at radius 3 is 1.51 bits per heavy atom. The van der Waals surface area contributed by atoms with Crippen molar-refractivity contribution in [2.24, 2.45) is 0 Å². The highest BCUT2D eigenvalue weighted by atomic mass is 16.6. The molecule has 2 atom stereocenters. The van der Waals surface area contributed by atoms with Crippen LogP contribution in [-0.2, 0) is 14.9 Å². The molecular weight excluding hydrogens is 536 g/mol. The molecule has 4 heterocycles. The quantitative estimate of drug-likeness (QED) is 0.191. The summed E-state index contributed by atoms with van der Waals surface area (Å²) in [5.41, 5.74) is 5.09. The molecule has 1 aliphatic carbocycles. The van der Waals surface area contributed by atoms with Crippen molar-refractivity contribution in [3.8, 4) is 22.9 Å². The Morgan fingerprint density at radius 2 is 1.05 bits per heavy atom. The van der Waals surface area contributed by atoms with Gasteiger partial charge in [0.15, 0.2) is 0 Å². The monoisotopic (exact) mass is 564 g/mol. The average molecular weight is 565 g/mol. The summed E-state index contributed by atoms with van der Waals surface area (Å²) in [6.45, 7) is 2.41. The maximum atomic E-state index is 6.69. The van der Waals surface area contributed by atoms with Crippen molar-refractivity contribution in [2.75, 3.05) is 26.4 Å². The molecule has 9 rings (SSSR count). The van der Waals surface area contributed by atoms with Gasteiger partial charge in [-0.15, -0.1) is 0 Å². The molecule has 6 nitrogen and oxygen atoms in total. The van der Waals surface area contributed by atoms with Crippen LogP contribution in [0.25, 0.3) is 32.9 Å². The fraction of sp³-hybridized carbons (Fsp3) is 0.189. The molecule has 4 aromatic carbocycles. The molecule has 0 spiro atoms. The Kier molecular flexibility index (Phi) is 5.55. The molecule has 3 aliphatic rings. The Balaban J connectivity index is 1.47. The van der Waals surface area contributed by atoms with E-state index >= 15 is 0 Å². The van der Waals surface area contributed by atoms with Gasteiger partial charge in [0.2, 0.25) is 0 Å². The molecule has 2 saturated heterocycles. The summed E-state index contributed by atoms with van der Waals surface area (Å²) in [7, 11) is 0. The van der Waals surface area contributed by atoms with Crippen LogP contribution >= 0.6 is 0 Å². The predicted molar refractivity (Wildman–Crippen MR) is 165 cm³/mol. The number of fused-ring (bicyclic) bond motifs is 5. The van der Waals surface area contributed by atoms with Crippen LogP contribution in [0.4, 0.5) is 0 Å². The lowest BCUT2D eigenvalue weighted by Gasteiger charge is -2.37. The molecule has 2 unspecified atom stereocenters. The first-order valence-corrected chi connectivity index (χ1v) is 14.8. The standard InChI is InChI=1S/C37H28N2O4/c1-3-9-27-23(7-1)13-15-31(42-21-25-19-40-25)33(27)37(29-11-5-17-38-35(29)36-30(37)12-6-18-39-36)34-28-10-4-2-8-24(28)14-16-32(34)43-22-26-20-41-26/h1-18,25-26H,19-22H2. The van der Waals surface area contributed by atoms with Gasteiger partial charge < -0.3 is 18.9 Å². The number of pyridine rings is 2. The normalized spacial score (nSPS) is 19.2. The highest BCUT2D eigenvalue weighted by Gasteiger charge is 2.52. The molecule has 0 radical (unpaired) electrons. The van der Waals surface area contributed by atoms with Gasteiger partial charge in [0.05, 0.1) is 30.0 Å². The van der Waals surface area contributed by atoms with Gasteiger partial charge in [-0.1, -0.05) is 72.8 Å². The third-order valence-electron chi connectivity index (χ3n) is 8.83. The summed E-state index contributed by atoms with van der Waals surface area (Å²) in [6.07, 6.45) is 3.92. The number of rotatable bonds is 8. The van der Waals surface area contributed by atoms with Gasteiger partial charge in [0.1, 0.15) is 36.9 Å².